The smallest absolute Gasteiger partial charge is 0.230 e. The van der Waals surface area contributed by atoms with Gasteiger partial charge in [0, 0.05) is 44.6 Å². The number of likely N-dealkylation sites (N-methyl/N-ethyl adjacent to an activating group) is 1. The van der Waals surface area contributed by atoms with Crippen LogP contribution in [0.5, 0.6) is 0 Å². The van der Waals surface area contributed by atoms with E-state index < -0.39 is 0 Å². The maximum atomic E-state index is 12.9. The Morgan fingerprint density at radius 3 is 2.62 bits per heavy atom. The minimum absolute atomic E-state index is 0.162. The normalized spacial score (nSPS) is 19.4. The fraction of sp³-hybridized carbons (Fsp3) is 0.560. The van der Waals surface area contributed by atoms with Crippen LogP contribution in [-0.2, 0) is 24.7 Å². The van der Waals surface area contributed by atoms with Crippen molar-refractivity contribution in [2.75, 3.05) is 26.7 Å². The number of carbonyl (C=O) groups excluding carboxylic acids is 1. The average molecular weight is 398 g/mol. The molecule has 0 saturated heterocycles. The van der Waals surface area contributed by atoms with E-state index in [1.807, 2.05) is 30.9 Å². The van der Waals surface area contributed by atoms with Gasteiger partial charge < -0.3 is 14.4 Å². The topological polar surface area (TPSA) is 28.5 Å². The summed E-state index contributed by atoms with van der Waals surface area (Å²) in [5, 5.41) is 0. The van der Waals surface area contributed by atoms with E-state index in [1.54, 1.807) is 0 Å². The Bertz CT molecular complexity index is 754. The minimum Gasteiger partial charge on any atom is -0.354 e. The molecule has 0 radical (unpaired) electrons. The van der Waals surface area contributed by atoms with Crippen LogP contribution in [0.2, 0.25) is 0 Å². The average Bonchev–Trinajstić information content (AvgIpc) is 2.94. The van der Waals surface area contributed by atoms with Crippen LogP contribution in [-0.4, -0.2) is 53.0 Å². The molecular formula is C25H39N3O. The number of aryl methyl sites for hydroxylation is 1. The van der Waals surface area contributed by atoms with Crippen LogP contribution in [0, 0.1) is 12.8 Å². The number of allylic oxidation sites excluding steroid dienone is 3. The zero-order valence-electron chi connectivity index (χ0n) is 19.1. The lowest BCUT2D eigenvalue weighted by atomic mass is 9.88. The first-order valence-electron chi connectivity index (χ1n) is 10.9. The molecule has 1 aliphatic rings. The molecule has 2 atom stereocenters. The SMILES string of the molecule is C=C/C=C1/CC[C@H](N(C)C[C@@H](C=C)C(=O)N(CC)CC)Cc2cn(C)c(C)c2C1. The van der Waals surface area contributed by atoms with Gasteiger partial charge in [0.15, 0.2) is 0 Å². The van der Waals surface area contributed by atoms with E-state index >= 15 is 0 Å². The van der Waals surface area contributed by atoms with E-state index in [9.17, 15) is 4.79 Å². The fourth-order valence-corrected chi connectivity index (χ4v) is 4.46. The fourth-order valence-electron chi connectivity index (χ4n) is 4.46. The molecular weight excluding hydrogens is 358 g/mol. The summed E-state index contributed by atoms with van der Waals surface area (Å²) in [6.45, 7) is 16.3. The van der Waals surface area contributed by atoms with Crippen molar-refractivity contribution in [1.82, 2.24) is 14.4 Å². The molecule has 0 fully saturated rings. The molecule has 1 aliphatic carbocycles. The molecule has 0 aliphatic heterocycles. The van der Waals surface area contributed by atoms with Crippen LogP contribution in [0.25, 0.3) is 0 Å². The first kappa shape index (κ1) is 23.2. The molecule has 0 N–H and O–H groups in total. The molecule has 29 heavy (non-hydrogen) atoms. The summed E-state index contributed by atoms with van der Waals surface area (Å²) in [5.74, 6) is 0.0247. The molecule has 1 aromatic heterocycles. The van der Waals surface area contributed by atoms with Gasteiger partial charge in [0.25, 0.3) is 0 Å². The molecule has 0 unspecified atom stereocenters. The summed E-state index contributed by atoms with van der Waals surface area (Å²) >= 11 is 0. The van der Waals surface area contributed by atoms with E-state index in [0.717, 1.165) is 38.8 Å². The van der Waals surface area contributed by atoms with Crippen molar-refractivity contribution in [3.05, 3.63) is 60.0 Å². The van der Waals surface area contributed by atoms with Crippen molar-refractivity contribution < 1.29 is 4.79 Å². The van der Waals surface area contributed by atoms with Crippen LogP contribution in [0.1, 0.15) is 43.5 Å². The van der Waals surface area contributed by atoms with Gasteiger partial charge in [0.2, 0.25) is 5.91 Å². The predicted molar refractivity (Wildman–Crippen MR) is 123 cm³/mol. The lowest BCUT2D eigenvalue weighted by Gasteiger charge is -2.33. The molecule has 1 amide bonds. The highest BCUT2D eigenvalue weighted by Gasteiger charge is 2.27. The highest BCUT2D eigenvalue weighted by Crippen LogP contribution is 2.29. The number of rotatable bonds is 8. The zero-order chi connectivity index (χ0) is 21.6. The second-order valence-corrected chi connectivity index (χ2v) is 8.26. The van der Waals surface area contributed by atoms with Gasteiger partial charge in [-0.3, -0.25) is 4.79 Å². The predicted octanol–water partition coefficient (Wildman–Crippen LogP) is 4.30. The van der Waals surface area contributed by atoms with E-state index in [1.165, 1.54) is 22.4 Å². The van der Waals surface area contributed by atoms with Crippen molar-refractivity contribution in [2.24, 2.45) is 13.0 Å². The quantitative estimate of drug-likeness (QED) is 0.612. The first-order valence-corrected chi connectivity index (χ1v) is 10.9. The molecule has 0 aromatic carbocycles. The molecule has 160 valence electrons. The Morgan fingerprint density at radius 1 is 1.34 bits per heavy atom. The van der Waals surface area contributed by atoms with E-state index in [2.05, 4.69) is 55.9 Å². The molecule has 4 nitrogen and oxygen atoms in total. The van der Waals surface area contributed by atoms with Gasteiger partial charge in [0.1, 0.15) is 0 Å². The lowest BCUT2D eigenvalue weighted by molar-refractivity contribution is -0.134. The molecule has 0 spiro atoms. The summed E-state index contributed by atoms with van der Waals surface area (Å²) in [6, 6.07) is 0.399. The molecule has 0 saturated carbocycles. The summed E-state index contributed by atoms with van der Waals surface area (Å²) in [4.78, 5) is 17.1. The van der Waals surface area contributed by atoms with Gasteiger partial charge in [-0.05, 0) is 64.6 Å². The second kappa shape index (κ2) is 10.6. The third kappa shape index (κ3) is 5.51. The van der Waals surface area contributed by atoms with Gasteiger partial charge in [-0.1, -0.05) is 30.4 Å². The van der Waals surface area contributed by atoms with Crippen molar-refractivity contribution in [1.29, 1.82) is 0 Å². The third-order valence-corrected chi connectivity index (χ3v) is 6.50. The Morgan fingerprint density at radius 2 is 2.03 bits per heavy atom. The van der Waals surface area contributed by atoms with Crippen molar-refractivity contribution >= 4 is 5.91 Å². The maximum Gasteiger partial charge on any atom is 0.230 e. The van der Waals surface area contributed by atoms with E-state index in [-0.39, 0.29) is 11.8 Å². The number of hydrogen-bond donors (Lipinski definition) is 0. The monoisotopic (exact) mass is 397 g/mol. The Hall–Kier alpha value is -2.07. The number of aromatic nitrogens is 1. The molecule has 2 rings (SSSR count). The Kier molecular flexibility index (Phi) is 8.51. The first-order chi connectivity index (χ1) is 13.9. The molecule has 0 bridgehead atoms. The van der Waals surface area contributed by atoms with E-state index in [4.69, 9.17) is 0 Å². The highest BCUT2D eigenvalue weighted by molar-refractivity contribution is 5.80. The third-order valence-electron chi connectivity index (χ3n) is 6.50. The van der Waals surface area contributed by atoms with Gasteiger partial charge in [-0.25, -0.2) is 0 Å². The largest absolute Gasteiger partial charge is 0.354 e. The van der Waals surface area contributed by atoms with Crippen molar-refractivity contribution in [3.63, 3.8) is 0 Å². The summed E-state index contributed by atoms with van der Waals surface area (Å²) < 4.78 is 2.25. The number of hydrogen-bond acceptors (Lipinski definition) is 2. The van der Waals surface area contributed by atoms with Crippen LogP contribution in [0.3, 0.4) is 0 Å². The summed E-state index contributed by atoms with van der Waals surface area (Å²) in [6.07, 6.45) is 12.4. The highest BCUT2D eigenvalue weighted by atomic mass is 16.2. The number of carbonyl (C=O) groups is 1. The van der Waals surface area contributed by atoms with Crippen LogP contribution >= 0.6 is 0 Å². The summed E-state index contributed by atoms with van der Waals surface area (Å²) in [5.41, 5.74) is 5.67. The molecule has 1 heterocycles. The lowest BCUT2D eigenvalue weighted by Crippen LogP contribution is -2.43. The number of fused-ring (bicyclic) bond motifs is 1. The van der Waals surface area contributed by atoms with Crippen molar-refractivity contribution in [3.8, 4) is 0 Å². The van der Waals surface area contributed by atoms with Crippen LogP contribution in [0.4, 0.5) is 0 Å². The van der Waals surface area contributed by atoms with Crippen LogP contribution < -0.4 is 0 Å². The Labute approximate surface area is 177 Å². The van der Waals surface area contributed by atoms with Gasteiger partial charge in [0.05, 0.1) is 5.92 Å². The maximum absolute atomic E-state index is 12.9. The van der Waals surface area contributed by atoms with Gasteiger partial charge >= 0.3 is 0 Å². The molecule has 4 heteroatoms. The molecule has 1 aromatic rings. The van der Waals surface area contributed by atoms with Gasteiger partial charge in [-0.15, -0.1) is 6.58 Å². The standard InChI is InChI=1S/C25H39N3O/c1-8-12-20-13-14-23(16-22-18-26(6)19(5)24(22)15-20)27(7)17-21(9-2)25(29)28(10-3)11-4/h8-9,12,18,21,23H,1-2,10-11,13-17H2,3-7H3/b20-12-/t21-,23+/m1/s1. The van der Waals surface area contributed by atoms with Gasteiger partial charge in [-0.2, -0.15) is 0 Å². The van der Waals surface area contributed by atoms with Crippen LogP contribution in [0.15, 0.2) is 43.2 Å². The minimum atomic E-state index is -0.162. The number of nitrogens with zero attached hydrogens (tertiary/aromatic N) is 3. The second-order valence-electron chi connectivity index (χ2n) is 8.26. The Balaban J connectivity index is 2.24. The van der Waals surface area contributed by atoms with Crippen molar-refractivity contribution in [2.45, 2.75) is 52.5 Å². The zero-order valence-corrected chi connectivity index (χ0v) is 19.1. The number of amides is 1. The summed E-state index contributed by atoms with van der Waals surface area (Å²) in [7, 11) is 4.29. The van der Waals surface area contributed by atoms with E-state index in [0.29, 0.717) is 12.6 Å².